The van der Waals surface area contributed by atoms with Crippen LogP contribution < -0.4 is 20.1 Å². The molecule has 2 aliphatic rings. The van der Waals surface area contributed by atoms with Crippen molar-refractivity contribution in [2.75, 3.05) is 14.2 Å². The normalized spacial score (nSPS) is 22.5. The highest BCUT2D eigenvalue weighted by Crippen LogP contribution is 2.57. The maximum absolute atomic E-state index is 13.1. The van der Waals surface area contributed by atoms with Crippen LogP contribution in [0, 0.1) is 5.92 Å². The van der Waals surface area contributed by atoms with Crippen LogP contribution in [0.1, 0.15) is 45.6 Å². The fraction of sp³-hybridized carbons (Fsp3) is 0.259. The smallest absolute Gasteiger partial charge is 0.252 e. The predicted octanol–water partition coefficient (Wildman–Crippen LogP) is 3.74. The minimum atomic E-state index is -0.796. The summed E-state index contributed by atoms with van der Waals surface area (Å²) >= 11 is 0. The second-order valence-electron chi connectivity index (χ2n) is 8.59. The van der Waals surface area contributed by atoms with Gasteiger partial charge in [-0.2, -0.15) is 0 Å². The van der Waals surface area contributed by atoms with Crippen LogP contribution >= 0.6 is 0 Å². The SMILES string of the molecule is COc1cc(OC)c2c(c1)[C@@]1(NC(=O)c3ccccc31)[C@@H](C)[C@@H]2NC(=O)Cc1ccccc1. The van der Waals surface area contributed by atoms with Crippen LogP contribution in [-0.2, 0) is 16.8 Å². The average Bonchev–Trinajstić information content (AvgIpc) is 3.26. The summed E-state index contributed by atoms with van der Waals surface area (Å²) < 4.78 is 11.3. The van der Waals surface area contributed by atoms with Gasteiger partial charge in [-0.05, 0) is 28.8 Å². The number of carbonyl (C=O) groups is 2. The van der Waals surface area contributed by atoms with Crippen LogP contribution in [0.4, 0.5) is 0 Å². The molecule has 1 heterocycles. The molecule has 2 N–H and O–H groups in total. The lowest BCUT2D eigenvalue weighted by molar-refractivity contribution is -0.121. The van der Waals surface area contributed by atoms with Crippen molar-refractivity contribution in [1.29, 1.82) is 0 Å². The number of hydrogen-bond donors (Lipinski definition) is 2. The van der Waals surface area contributed by atoms with E-state index in [2.05, 4.69) is 17.6 Å². The molecule has 2 amide bonds. The third-order valence-electron chi connectivity index (χ3n) is 6.92. The number of rotatable bonds is 5. The molecule has 0 radical (unpaired) electrons. The summed E-state index contributed by atoms with van der Waals surface area (Å²) in [6.45, 7) is 2.06. The molecule has 1 aliphatic carbocycles. The van der Waals surface area contributed by atoms with E-state index in [1.165, 1.54) is 0 Å². The van der Waals surface area contributed by atoms with E-state index in [0.717, 1.165) is 22.3 Å². The Morgan fingerprint density at radius 2 is 1.73 bits per heavy atom. The molecule has 1 aliphatic heterocycles. The van der Waals surface area contributed by atoms with Gasteiger partial charge in [0.05, 0.1) is 32.2 Å². The first-order chi connectivity index (χ1) is 16.0. The molecule has 3 atom stereocenters. The Morgan fingerprint density at radius 3 is 2.45 bits per heavy atom. The van der Waals surface area contributed by atoms with E-state index in [1.807, 2.05) is 66.7 Å². The van der Waals surface area contributed by atoms with Crippen molar-refractivity contribution in [1.82, 2.24) is 10.6 Å². The number of carbonyl (C=O) groups excluding carboxylic acids is 2. The van der Waals surface area contributed by atoms with E-state index in [0.29, 0.717) is 17.1 Å². The number of hydrogen-bond acceptors (Lipinski definition) is 4. The highest BCUT2D eigenvalue weighted by atomic mass is 16.5. The number of ether oxygens (including phenoxy) is 2. The standard InChI is InChI=1S/C27H26N2O4/c1-16-25(28-23(30)13-17-9-5-4-6-10-17)24-21(14-18(32-2)15-22(24)33-3)27(16)20-12-8-7-11-19(20)26(31)29-27/h4-12,14-16,25H,13H2,1-3H3,(H,28,30)(H,29,31)/t16-,25-,27+/m0/s1. The molecule has 0 saturated heterocycles. The number of fused-ring (bicyclic) bond motifs is 4. The first-order valence-corrected chi connectivity index (χ1v) is 11.0. The van der Waals surface area contributed by atoms with E-state index in [9.17, 15) is 9.59 Å². The van der Waals surface area contributed by atoms with Gasteiger partial charge in [0.15, 0.2) is 0 Å². The van der Waals surface area contributed by atoms with Gasteiger partial charge in [0, 0.05) is 23.1 Å². The Kier molecular flexibility index (Phi) is 5.08. The van der Waals surface area contributed by atoms with Crippen molar-refractivity contribution in [2.45, 2.75) is 24.9 Å². The van der Waals surface area contributed by atoms with Crippen molar-refractivity contribution in [2.24, 2.45) is 5.92 Å². The third-order valence-corrected chi connectivity index (χ3v) is 6.92. The molecule has 3 aromatic carbocycles. The molecule has 33 heavy (non-hydrogen) atoms. The van der Waals surface area contributed by atoms with E-state index in [-0.39, 0.29) is 30.2 Å². The first kappa shape index (κ1) is 21.1. The minimum Gasteiger partial charge on any atom is -0.497 e. The van der Waals surface area contributed by atoms with Crippen LogP contribution in [0.15, 0.2) is 66.7 Å². The van der Waals surface area contributed by atoms with Crippen molar-refractivity contribution < 1.29 is 19.1 Å². The lowest BCUT2D eigenvalue weighted by Gasteiger charge is -2.33. The Labute approximate surface area is 192 Å². The summed E-state index contributed by atoms with van der Waals surface area (Å²) in [4.78, 5) is 26.1. The van der Waals surface area contributed by atoms with Crippen molar-refractivity contribution >= 4 is 11.8 Å². The molecule has 0 fully saturated rings. The van der Waals surface area contributed by atoms with Crippen molar-refractivity contribution in [3.63, 3.8) is 0 Å². The quantitative estimate of drug-likeness (QED) is 0.631. The fourth-order valence-electron chi connectivity index (χ4n) is 5.39. The zero-order chi connectivity index (χ0) is 23.2. The lowest BCUT2D eigenvalue weighted by atomic mass is 9.78. The molecular weight excluding hydrogens is 416 g/mol. The predicted molar refractivity (Wildman–Crippen MR) is 124 cm³/mol. The van der Waals surface area contributed by atoms with Crippen LogP contribution in [0.3, 0.4) is 0 Å². The van der Waals surface area contributed by atoms with E-state index in [1.54, 1.807) is 14.2 Å². The van der Waals surface area contributed by atoms with Gasteiger partial charge in [0.2, 0.25) is 5.91 Å². The maximum atomic E-state index is 13.1. The van der Waals surface area contributed by atoms with E-state index < -0.39 is 5.54 Å². The van der Waals surface area contributed by atoms with Crippen LogP contribution in [-0.4, -0.2) is 26.0 Å². The summed E-state index contributed by atoms with van der Waals surface area (Å²) in [7, 11) is 3.21. The molecule has 0 unspecified atom stereocenters. The topological polar surface area (TPSA) is 76.7 Å². The van der Waals surface area contributed by atoms with Crippen molar-refractivity contribution in [3.8, 4) is 11.5 Å². The van der Waals surface area contributed by atoms with Gasteiger partial charge < -0.3 is 20.1 Å². The number of benzene rings is 3. The second-order valence-corrected chi connectivity index (χ2v) is 8.59. The summed E-state index contributed by atoms with van der Waals surface area (Å²) in [6.07, 6.45) is 0.272. The monoisotopic (exact) mass is 442 g/mol. The largest absolute Gasteiger partial charge is 0.497 e. The van der Waals surface area contributed by atoms with Gasteiger partial charge in [-0.1, -0.05) is 55.5 Å². The van der Waals surface area contributed by atoms with Crippen LogP contribution in [0.25, 0.3) is 0 Å². The fourth-order valence-corrected chi connectivity index (χ4v) is 5.39. The van der Waals surface area contributed by atoms with Gasteiger partial charge in [0.25, 0.3) is 5.91 Å². The molecule has 6 heteroatoms. The minimum absolute atomic E-state index is 0.0865. The molecule has 0 bridgehead atoms. The highest BCUT2D eigenvalue weighted by molar-refractivity contribution is 6.01. The Balaban J connectivity index is 1.63. The molecule has 0 aromatic heterocycles. The average molecular weight is 443 g/mol. The maximum Gasteiger partial charge on any atom is 0.252 e. The highest BCUT2D eigenvalue weighted by Gasteiger charge is 2.57. The summed E-state index contributed by atoms with van der Waals surface area (Å²) in [6, 6.07) is 20.7. The lowest BCUT2D eigenvalue weighted by Crippen LogP contribution is -2.46. The molecule has 1 spiro atoms. The first-order valence-electron chi connectivity index (χ1n) is 11.0. The Bertz CT molecular complexity index is 1240. The van der Waals surface area contributed by atoms with Gasteiger partial charge in [-0.25, -0.2) is 0 Å². The summed E-state index contributed by atoms with van der Waals surface area (Å²) in [5.74, 6) is 0.877. The number of amides is 2. The van der Waals surface area contributed by atoms with E-state index >= 15 is 0 Å². The van der Waals surface area contributed by atoms with Crippen LogP contribution in [0.5, 0.6) is 11.5 Å². The summed E-state index contributed by atoms with van der Waals surface area (Å²) in [5, 5.41) is 6.49. The molecular formula is C27H26N2O4. The third kappa shape index (κ3) is 3.17. The summed E-state index contributed by atoms with van der Waals surface area (Å²) in [5.41, 5.74) is 3.44. The molecule has 0 saturated carbocycles. The van der Waals surface area contributed by atoms with Gasteiger partial charge >= 0.3 is 0 Å². The Morgan fingerprint density at radius 1 is 1.00 bits per heavy atom. The van der Waals surface area contributed by atoms with Crippen LogP contribution in [0.2, 0.25) is 0 Å². The number of methoxy groups -OCH3 is 2. The molecule has 168 valence electrons. The zero-order valence-corrected chi connectivity index (χ0v) is 18.8. The molecule has 3 aromatic rings. The van der Waals surface area contributed by atoms with E-state index in [4.69, 9.17) is 9.47 Å². The van der Waals surface area contributed by atoms with Gasteiger partial charge in [-0.15, -0.1) is 0 Å². The molecule has 6 nitrogen and oxygen atoms in total. The van der Waals surface area contributed by atoms with Gasteiger partial charge in [-0.3, -0.25) is 9.59 Å². The second kappa shape index (κ2) is 7.96. The molecule has 5 rings (SSSR count). The van der Waals surface area contributed by atoms with Gasteiger partial charge in [0.1, 0.15) is 11.5 Å². The zero-order valence-electron chi connectivity index (χ0n) is 18.8. The van der Waals surface area contributed by atoms with Crippen molar-refractivity contribution in [3.05, 3.63) is 94.5 Å². The Hall–Kier alpha value is -3.80. The number of nitrogens with one attached hydrogen (secondary N) is 2.